The summed E-state index contributed by atoms with van der Waals surface area (Å²) in [6.45, 7) is -7.67. The van der Waals surface area contributed by atoms with Crippen molar-refractivity contribution in [2.45, 2.75) is 221 Å². The van der Waals surface area contributed by atoms with Crippen molar-refractivity contribution in [1.82, 2.24) is 0 Å². The Labute approximate surface area is 495 Å². The first kappa shape index (κ1) is 72.9. The fourth-order valence-electron chi connectivity index (χ4n) is 11.3. The summed E-state index contributed by atoms with van der Waals surface area (Å²) in [7, 11) is 4.63. The Balaban J connectivity index is 1.10. The van der Waals surface area contributed by atoms with E-state index in [9.17, 15) is 102 Å². The summed E-state index contributed by atoms with van der Waals surface area (Å²) in [6, 6.07) is 0. The van der Waals surface area contributed by atoms with Gasteiger partial charge in [-0.2, -0.15) is 0 Å². The lowest BCUT2D eigenvalue weighted by Gasteiger charge is -2.49. The summed E-state index contributed by atoms with van der Waals surface area (Å²) in [6.07, 6.45) is -63.6. The van der Waals surface area contributed by atoms with Crippen molar-refractivity contribution in [3.05, 3.63) is 0 Å². The second-order valence-electron chi connectivity index (χ2n) is 21.6. The highest BCUT2D eigenvalue weighted by atomic mass is 16.8. The van der Waals surface area contributed by atoms with Crippen molar-refractivity contribution in [1.29, 1.82) is 0 Å². The lowest BCUT2D eigenvalue weighted by atomic mass is 9.95. The summed E-state index contributed by atoms with van der Waals surface area (Å²) in [5.74, 6) is 0. The number of hydrogen-bond donors (Lipinski definition) is 20. The Morgan fingerprint density at radius 3 is 0.851 bits per heavy atom. The number of hydrogen-bond acceptors (Lipinski definition) is 38. The summed E-state index contributed by atoms with van der Waals surface area (Å²) < 4.78 is 101. The molecule has 38 heteroatoms. The van der Waals surface area contributed by atoms with E-state index in [-0.39, 0.29) is 0 Å². The molecule has 7 aliphatic rings. The van der Waals surface area contributed by atoms with Gasteiger partial charge in [-0.3, -0.25) is 0 Å². The molecule has 7 heterocycles. The van der Waals surface area contributed by atoms with Gasteiger partial charge in [0.2, 0.25) is 0 Å². The number of aliphatic hydroxyl groups is 20. The van der Waals surface area contributed by atoms with E-state index in [4.69, 9.17) is 85.3 Å². The van der Waals surface area contributed by atoms with Gasteiger partial charge in [0.25, 0.3) is 0 Å². The first-order valence-electron chi connectivity index (χ1n) is 27.9. The van der Waals surface area contributed by atoms with E-state index in [2.05, 4.69) is 0 Å². The monoisotopic (exact) mass is 1280 g/mol. The van der Waals surface area contributed by atoms with E-state index >= 15 is 0 Å². The molecular weight excluding hydrogens is 1200 g/mol. The molecule has 510 valence electrons. The molecule has 0 aromatic heterocycles. The van der Waals surface area contributed by atoms with Gasteiger partial charge >= 0.3 is 0 Å². The molecular formula is C49H86O38. The number of aliphatic hydroxyl groups excluding tert-OH is 20. The zero-order chi connectivity index (χ0) is 63.9. The summed E-state index contributed by atoms with van der Waals surface area (Å²) >= 11 is 0. The van der Waals surface area contributed by atoms with Gasteiger partial charge < -0.3 is 187 Å². The van der Waals surface area contributed by atoms with Crippen molar-refractivity contribution in [2.75, 3.05) is 87.9 Å². The van der Waals surface area contributed by atoms with Crippen LogP contribution in [0.1, 0.15) is 0 Å². The molecule has 0 aromatic carbocycles. The van der Waals surface area contributed by atoms with Crippen LogP contribution in [-0.2, 0) is 85.3 Å². The molecule has 7 rings (SSSR count). The number of ether oxygens (including phenoxy) is 18. The fourth-order valence-corrected chi connectivity index (χ4v) is 11.3. The van der Waals surface area contributed by atoms with Crippen LogP contribution in [0.4, 0.5) is 0 Å². The highest BCUT2D eigenvalue weighted by molar-refractivity contribution is 5.01. The topological polar surface area (TPSA) is 571 Å². The molecule has 7 aliphatic heterocycles. The highest BCUT2D eigenvalue weighted by Gasteiger charge is 2.58. The SMILES string of the molecule is CO[C@H]1OC(CO)[C@H](O[C@H]2OC(COCC(O)COC3[C@@H](O[C@H]4C(CO)O[C@H](O[C@H]5C(CO)O[C@H](OC)C(O)[C@H]5O)C(O)[C@H]4O)OC(CO)[C@H](O[C@H]4OC(CO)[C@H](OC)[C@H](O)C4O)[C@@H]3O)[C@H](O[C@H]3OC(CO)[C@H](OC)[C@H](O)C3O)[C@H](O)C2O)[C@H](O)C1O. The van der Waals surface area contributed by atoms with E-state index in [1.165, 1.54) is 7.11 Å². The van der Waals surface area contributed by atoms with Gasteiger partial charge in [0.15, 0.2) is 44.0 Å². The maximum atomic E-state index is 12.1. The minimum absolute atomic E-state index is 0.761. The van der Waals surface area contributed by atoms with Gasteiger partial charge in [-0.05, 0) is 0 Å². The Kier molecular flexibility index (Phi) is 27.7. The van der Waals surface area contributed by atoms with Gasteiger partial charge in [0, 0.05) is 28.4 Å². The van der Waals surface area contributed by atoms with E-state index in [0.29, 0.717) is 0 Å². The van der Waals surface area contributed by atoms with Crippen LogP contribution < -0.4 is 0 Å². The maximum Gasteiger partial charge on any atom is 0.187 e. The first-order valence-corrected chi connectivity index (χ1v) is 27.9. The third-order valence-corrected chi connectivity index (χ3v) is 16.1. The summed E-state index contributed by atoms with van der Waals surface area (Å²) in [5, 5.41) is 218. The van der Waals surface area contributed by atoms with E-state index < -0.39 is 281 Å². The van der Waals surface area contributed by atoms with Crippen LogP contribution in [-0.4, -0.2) is 411 Å². The van der Waals surface area contributed by atoms with Gasteiger partial charge in [0.1, 0.15) is 177 Å². The summed E-state index contributed by atoms with van der Waals surface area (Å²) in [4.78, 5) is 0. The molecule has 15 unspecified atom stereocenters. The molecule has 0 aromatic rings. The number of rotatable bonds is 27. The van der Waals surface area contributed by atoms with Crippen molar-refractivity contribution < 1.29 is 187 Å². The average molecular weight is 1280 g/mol. The van der Waals surface area contributed by atoms with E-state index in [1.807, 2.05) is 0 Å². The smallest absolute Gasteiger partial charge is 0.187 e. The third kappa shape index (κ3) is 16.0. The molecule has 0 spiro atoms. The van der Waals surface area contributed by atoms with Crippen LogP contribution in [0.15, 0.2) is 0 Å². The van der Waals surface area contributed by atoms with Crippen LogP contribution in [0, 0.1) is 0 Å². The van der Waals surface area contributed by atoms with Crippen molar-refractivity contribution >= 4 is 0 Å². The first-order chi connectivity index (χ1) is 41.5. The second kappa shape index (κ2) is 33.0. The largest absolute Gasteiger partial charge is 0.394 e. The molecule has 7 saturated heterocycles. The molecule has 7 fully saturated rings. The lowest BCUT2D eigenvalue weighted by molar-refractivity contribution is -0.391. The van der Waals surface area contributed by atoms with Crippen molar-refractivity contribution in [3.63, 3.8) is 0 Å². The van der Waals surface area contributed by atoms with Crippen LogP contribution in [0.2, 0.25) is 0 Å². The molecule has 0 bridgehead atoms. The second-order valence-corrected chi connectivity index (χ2v) is 21.6. The van der Waals surface area contributed by atoms with Gasteiger partial charge in [-0.1, -0.05) is 0 Å². The number of methoxy groups -OCH3 is 4. The van der Waals surface area contributed by atoms with Crippen LogP contribution >= 0.6 is 0 Å². The minimum atomic E-state index is -2.15. The Morgan fingerprint density at radius 1 is 0.276 bits per heavy atom. The zero-order valence-electron chi connectivity index (χ0n) is 47.4. The third-order valence-electron chi connectivity index (χ3n) is 16.1. The molecule has 87 heavy (non-hydrogen) atoms. The normalized spacial score (nSPS) is 49.6. The predicted octanol–water partition coefficient (Wildman–Crippen LogP) is -14.3. The standard InChI is InChI=1S/C49H86O38/c1-70-35-15(5-50)78-45(30(65)22(35)57)85-40-20(10-55)81-49(87-39-19(9-54)80-47(32(67)26(39)61)83-37-17(7-52)76-43(72-3)28(63)24(37)59)42(34(40)69)75-12-14(56)11-74-13-21-41(86-46-31(66)23(58)36(71-2)16(6-51)79-46)27(62)33(68)48(82-21)84-38-18(8-53)77-44(73-4)29(64)25(38)60/h14-69H,5-13H2,1-4H3/t14?,15?,16?,17?,18?,19?,20?,21?,22-,23-,24-,25-,26-,27-,28?,29?,30?,31?,32?,33?,34+,35+,36+,37+,38+,39+,40+,41+,42?,43+,44+,45-,46-,47-,48-,49-/m1/s1. The minimum Gasteiger partial charge on any atom is -0.394 e. The Morgan fingerprint density at radius 2 is 0.529 bits per heavy atom. The van der Waals surface area contributed by atoms with Gasteiger partial charge in [-0.25, -0.2) is 0 Å². The predicted molar refractivity (Wildman–Crippen MR) is 268 cm³/mol. The fraction of sp³-hybridized carbons (Fsp3) is 1.00. The van der Waals surface area contributed by atoms with Gasteiger partial charge in [0.05, 0.1) is 59.5 Å². The van der Waals surface area contributed by atoms with Crippen LogP contribution in [0.25, 0.3) is 0 Å². The van der Waals surface area contributed by atoms with Crippen molar-refractivity contribution in [2.24, 2.45) is 0 Å². The quantitative estimate of drug-likeness (QED) is 0.0363. The molecule has 20 N–H and O–H groups in total. The molecule has 36 atom stereocenters. The maximum absolute atomic E-state index is 12.1. The molecule has 0 radical (unpaired) electrons. The molecule has 38 nitrogen and oxygen atoms in total. The highest BCUT2D eigenvalue weighted by Crippen LogP contribution is 2.38. The van der Waals surface area contributed by atoms with E-state index in [0.717, 1.165) is 21.3 Å². The average Bonchev–Trinajstić information content (AvgIpc) is 2.68. The molecule has 0 amide bonds. The molecule has 0 aliphatic carbocycles. The molecule has 0 saturated carbocycles. The summed E-state index contributed by atoms with van der Waals surface area (Å²) in [5.41, 5.74) is 0. The Hall–Kier alpha value is -1.52. The lowest BCUT2D eigenvalue weighted by Crippen LogP contribution is -2.68. The van der Waals surface area contributed by atoms with Gasteiger partial charge in [-0.15, -0.1) is 0 Å². The zero-order valence-corrected chi connectivity index (χ0v) is 47.4. The van der Waals surface area contributed by atoms with Crippen molar-refractivity contribution in [3.8, 4) is 0 Å². The van der Waals surface area contributed by atoms with Crippen LogP contribution in [0.5, 0.6) is 0 Å². The Bertz CT molecular complexity index is 1990. The van der Waals surface area contributed by atoms with Crippen LogP contribution in [0.3, 0.4) is 0 Å². The van der Waals surface area contributed by atoms with E-state index in [1.54, 1.807) is 0 Å².